The smallest absolute Gasteiger partial charge is 0.270 e. The summed E-state index contributed by atoms with van der Waals surface area (Å²) in [7, 11) is 0. The van der Waals surface area contributed by atoms with Crippen LogP contribution in [0.15, 0.2) is 47.8 Å². The summed E-state index contributed by atoms with van der Waals surface area (Å²) >= 11 is 1.43. The van der Waals surface area contributed by atoms with Gasteiger partial charge in [-0.3, -0.25) is 9.59 Å². The Morgan fingerprint density at radius 2 is 1.89 bits per heavy atom. The van der Waals surface area contributed by atoms with Gasteiger partial charge in [0.15, 0.2) is 0 Å². The largest absolute Gasteiger partial charge is 0.486 e. The van der Waals surface area contributed by atoms with Crippen molar-refractivity contribution in [2.45, 2.75) is 65.5 Å². The zero-order valence-corrected chi connectivity index (χ0v) is 23.4. The van der Waals surface area contributed by atoms with Crippen LogP contribution < -0.4 is 10.1 Å². The summed E-state index contributed by atoms with van der Waals surface area (Å²) in [6.45, 7) is 7.87. The van der Waals surface area contributed by atoms with Gasteiger partial charge in [-0.05, 0) is 60.9 Å². The van der Waals surface area contributed by atoms with E-state index in [1.54, 1.807) is 5.38 Å². The highest BCUT2D eigenvalue weighted by Gasteiger charge is 2.36. The van der Waals surface area contributed by atoms with Gasteiger partial charge in [-0.1, -0.05) is 62.6 Å². The van der Waals surface area contributed by atoms with Gasteiger partial charge in [0.05, 0.1) is 6.04 Å². The SMILES string of the molecule is Cc1ccc([C@H]2c3cc(OCc4nc(C(=O)NCC(C)C)cs4)ccc3CCN2C(=O)C2CCCC2)cc1. The molecule has 1 saturated carbocycles. The minimum Gasteiger partial charge on any atom is -0.486 e. The molecule has 1 N–H and O–H groups in total. The van der Waals surface area contributed by atoms with Crippen molar-refractivity contribution >= 4 is 23.2 Å². The predicted octanol–water partition coefficient (Wildman–Crippen LogP) is 6.08. The quantitative estimate of drug-likeness (QED) is 0.382. The van der Waals surface area contributed by atoms with Crippen molar-refractivity contribution in [3.8, 4) is 5.75 Å². The minimum absolute atomic E-state index is 0.118. The Morgan fingerprint density at radius 3 is 2.63 bits per heavy atom. The van der Waals surface area contributed by atoms with E-state index in [0.29, 0.717) is 24.8 Å². The fraction of sp³-hybridized carbons (Fsp3) is 0.452. The zero-order chi connectivity index (χ0) is 26.6. The van der Waals surface area contributed by atoms with Crippen molar-refractivity contribution < 1.29 is 14.3 Å². The number of benzene rings is 2. The van der Waals surface area contributed by atoms with Crippen molar-refractivity contribution in [3.05, 3.63) is 80.8 Å². The van der Waals surface area contributed by atoms with Gasteiger partial charge in [0.25, 0.3) is 5.91 Å². The fourth-order valence-corrected chi connectivity index (χ4v) is 6.14. The Hall–Kier alpha value is -3.19. The summed E-state index contributed by atoms with van der Waals surface area (Å²) in [5.74, 6) is 1.41. The molecule has 2 aromatic carbocycles. The molecule has 0 radical (unpaired) electrons. The highest BCUT2D eigenvalue weighted by Crippen LogP contribution is 2.40. The lowest BCUT2D eigenvalue weighted by Gasteiger charge is -2.39. The van der Waals surface area contributed by atoms with Gasteiger partial charge in [0, 0.05) is 24.4 Å². The molecule has 0 saturated heterocycles. The number of aryl methyl sites for hydroxylation is 1. The van der Waals surface area contributed by atoms with Crippen molar-refractivity contribution in [1.29, 1.82) is 0 Å². The number of fused-ring (bicyclic) bond motifs is 1. The molecule has 0 unspecified atom stereocenters. The number of amides is 2. The van der Waals surface area contributed by atoms with Gasteiger partial charge in [0.2, 0.25) is 5.91 Å². The highest BCUT2D eigenvalue weighted by atomic mass is 32.1. The summed E-state index contributed by atoms with van der Waals surface area (Å²) in [4.78, 5) is 32.6. The van der Waals surface area contributed by atoms with Crippen LogP contribution in [0.25, 0.3) is 0 Å². The molecular formula is C31H37N3O3S. The van der Waals surface area contributed by atoms with Crippen LogP contribution in [0.3, 0.4) is 0 Å². The zero-order valence-electron chi connectivity index (χ0n) is 22.5. The van der Waals surface area contributed by atoms with Crippen molar-refractivity contribution in [3.63, 3.8) is 0 Å². The molecule has 3 aromatic rings. The average molecular weight is 532 g/mol. The maximum Gasteiger partial charge on any atom is 0.270 e. The number of nitrogens with one attached hydrogen (secondary N) is 1. The van der Waals surface area contributed by atoms with Crippen LogP contribution in [0.4, 0.5) is 0 Å². The summed E-state index contributed by atoms with van der Waals surface area (Å²) in [5, 5.41) is 5.44. The molecule has 1 aromatic heterocycles. The molecule has 1 aliphatic carbocycles. The molecule has 5 rings (SSSR count). The van der Waals surface area contributed by atoms with Crippen molar-refractivity contribution in [2.24, 2.45) is 11.8 Å². The molecule has 1 aliphatic heterocycles. The number of nitrogens with zero attached hydrogens (tertiary/aromatic N) is 2. The van der Waals surface area contributed by atoms with E-state index in [1.807, 2.05) is 6.07 Å². The summed E-state index contributed by atoms with van der Waals surface area (Å²) in [6, 6.07) is 14.7. The first kappa shape index (κ1) is 26.4. The Bertz CT molecular complexity index is 1280. The molecule has 38 heavy (non-hydrogen) atoms. The van der Waals surface area contributed by atoms with Crippen LogP contribution in [0.1, 0.15) is 83.3 Å². The molecule has 2 aliphatic rings. The van der Waals surface area contributed by atoms with Gasteiger partial charge in [-0.25, -0.2) is 4.98 Å². The molecule has 1 atom stereocenters. The first-order valence-corrected chi connectivity index (χ1v) is 14.6. The van der Waals surface area contributed by atoms with Crippen LogP contribution in [-0.4, -0.2) is 34.8 Å². The third-order valence-electron chi connectivity index (χ3n) is 7.54. The number of carbonyl (C=O) groups is 2. The standard InChI is InChI=1S/C31H37N3O3S/c1-20(2)17-32-30(35)27-19-38-28(33-27)18-37-25-13-12-22-14-15-34(31(36)24-6-4-5-7-24)29(26(22)16-25)23-10-8-21(3)9-11-23/h8-13,16,19-20,24,29H,4-7,14-15,17-18H2,1-3H3,(H,32,35)/t29-/m0/s1. The fourth-order valence-electron chi connectivity index (χ4n) is 5.45. The van der Waals surface area contributed by atoms with Gasteiger partial charge in [0.1, 0.15) is 23.1 Å². The topological polar surface area (TPSA) is 71.5 Å². The van der Waals surface area contributed by atoms with Gasteiger partial charge in [-0.15, -0.1) is 11.3 Å². The van der Waals surface area contributed by atoms with Crippen LogP contribution in [-0.2, 0) is 17.8 Å². The van der Waals surface area contributed by atoms with E-state index in [1.165, 1.54) is 22.5 Å². The highest BCUT2D eigenvalue weighted by molar-refractivity contribution is 7.09. The number of hydrogen-bond donors (Lipinski definition) is 1. The molecule has 200 valence electrons. The lowest BCUT2D eigenvalue weighted by Crippen LogP contribution is -2.43. The Morgan fingerprint density at radius 1 is 1.13 bits per heavy atom. The minimum atomic E-state index is -0.150. The molecule has 1 fully saturated rings. The Kier molecular flexibility index (Phi) is 8.12. The lowest BCUT2D eigenvalue weighted by atomic mass is 9.86. The molecular weight excluding hydrogens is 494 g/mol. The molecule has 0 spiro atoms. The van der Waals surface area contributed by atoms with E-state index in [0.717, 1.165) is 60.5 Å². The van der Waals surface area contributed by atoms with Crippen LogP contribution >= 0.6 is 11.3 Å². The first-order valence-electron chi connectivity index (χ1n) is 13.7. The summed E-state index contributed by atoms with van der Waals surface area (Å²) in [6.07, 6.45) is 5.13. The van der Waals surface area contributed by atoms with E-state index in [2.05, 4.69) is 72.4 Å². The van der Waals surface area contributed by atoms with Crippen LogP contribution in [0.5, 0.6) is 5.75 Å². The number of aromatic nitrogens is 1. The van der Waals surface area contributed by atoms with Gasteiger partial charge < -0.3 is 15.0 Å². The van der Waals surface area contributed by atoms with E-state index in [4.69, 9.17) is 4.74 Å². The second kappa shape index (κ2) is 11.7. The van der Waals surface area contributed by atoms with Crippen LogP contribution in [0.2, 0.25) is 0 Å². The molecule has 7 heteroatoms. The second-order valence-electron chi connectivity index (χ2n) is 11.0. The lowest BCUT2D eigenvalue weighted by molar-refractivity contribution is -0.137. The third kappa shape index (κ3) is 5.93. The number of hydrogen-bond acceptors (Lipinski definition) is 5. The van der Waals surface area contributed by atoms with Crippen molar-refractivity contribution in [1.82, 2.24) is 15.2 Å². The molecule has 6 nitrogen and oxygen atoms in total. The number of ether oxygens (including phenoxy) is 1. The maximum absolute atomic E-state index is 13.7. The van der Waals surface area contributed by atoms with Crippen LogP contribution in [0, 0.1) is 18.8 Å². The number of carbonyl (C=O) groups excluding carboxylic acids is 2. The van der Waals surface area contributed by atoms with E-state index >= 15 is 0 Å². The Labute approximate surface area is 229 Å². The normalized spacial score (nSPS) is 17.5. The molecule has 0 bridgehead atoms. The molecule has 2 heterocycles. The first-order chi connectivity index (χ1) is 18.4. The second-order valence-corrected chi connectivity index (χ2v) is 11.9. The number of thiazole rings is 1. The monoisotopic (exact) mass is 531 g/mol. The third-order valence-corrected chi connectivity index (χ3v) is 8.37. The van der Waals surface area contributed by atoms with E-state index in [-0.39, 0.29) is 23.8 Å². The van der Waals surface area contributed by atoms with Crippen molar-refractivity contribution in [2.75, 3.05) is 13.1 Å². The predicted molar refractivity (Wildman–Crippen MR) is 150 cm³/mol. The Balaban J connectivity index is 1.36. The average Bonchev–Trinajstić information content (AvgIpc) is 3.63. The van der Waals surface area contributed by atoms with Gasteiger partial charge >= 0.3 is 0 Å². The summed E-state index contributed by atoms with van der Waals surface area (Å²) < 4.78 is 6.16. The molecule has 2 amide bonds. The van der Waals surface area contributed by atoms with Gasteiger partial charge in [-0.2, -0.15) is 0 Å². The number of rotatable bonds is 8. The van der Waals surface area contributed by atoms with E-state index in [9.17, 15) is 9.59 Å². The maximum atomic E-state index is 13.7. The van der Waals surface area contributed by atoms with E-state index < -0.39 is 0 Å². The summed E-state index contributed by atoms with van der Waals surface area (Å²) in [5.41, 5.74) is 5.17.